The van der Waals surface area contributed by atoms with Gasteiger partial charge < -0.3 is 9.80 Å². The lowest BCUT2D eigenvalue weighted by Gasteiger charge is -2.37. The zero-order valence-electron chi connectivity index (χ0n) is 20.3. The minimum atomic E-state index is -0.222. The summed E-state index contributed by atoms with van der Waals surface area (Å²) in [5.74, 6) is 0.939. The van der Waals surface area contributed by atoms with Crippen LogP contribution in [-0.2, 0) is 13.1 Å². The molecule has 0 amide bonds. The van der Waals surface area contributed by atoms with E-state index in [-0.39, 0.29) is 5.82 Å². The number of hydrogen-bond acceptors (Lipinski definition) is 5. The van der Waals surface area contributed by atoms with Gasteiger partial charge in [-0.05, 0) is 62.5 Å². The Balaban J connectivity index is 1.72. The molecule has 1 aliphatic heterocycles. The molecule has 7 heteroatoms. The molecule has 0 bridgehead atoms. The first-order valence-corrected chi connectivity index (χ1v) is 13.0. The van der Waals surface area contributed by atoms with Crippen molar-refractivity contribution in [1.82, 2.24) is 19.6 Å². The number of halogens is 1. The highest BCUT2D eigenvalue weighted by molar-refractivity contribution is 7.09. The number of aromatic nitrogens is 2. The van der Waals surface area contributed by atoms with Crippen LogP contribution in [0.3, 0.4) is 0 Å². The van der Waals surface area contributed by atoms with Crippen LogP contribution in [0.5, 0.6) is 0 Å². The van der Waals surface area contributed by atoms with E-state index in [1.807, 2.05) is 28.2 Å². The standard InChI is InChI=1S/C26H36FN5S/c1-5-20(3)31(18-24-8-7-17-33-24)19-25-21(4)28-32(23-11-9-22(27)10-12-23)26(25)30-15-13-29(6-2)14-16-30/h7-12,17,20H,5-6,13-16,18-19H2,1-4H3/t20-/m1/s1. The van der Waals surface area contributed by atoms with Crippen molar-refractivity contribution in [3.8, 4) is 5.69 Å². The fourth-order valence-corrected chi connectivity index (χ4v) is 5.26. The maximum atomic E-state index is 13.7. The second-order valence-electron chi connectivity index (χ2n) is 8.94. The maximum Gasteiger partial charge on any atom is 0.137 e. The van der Waals surface area contributed by atoms with E-state index in [0.29, 0.717) is 6.04 Å². The Hall–Kier alpha value is -2.22. The molecular weight excluding hydrogens is 433 g/mol. The van der Waals surface area contributed by atoms with Gasteiger partial charge in [-0.3, -0.25) is 4.90 Å². The fourth-order valence-electron chi connectivity index (χ4n) is 4.53. The van der Waals surface area contributed by atoms with E-state index in [0.717, 1.165) is 69.4 Å². The molecule has 1 fully saturated rings. The van der Waals surface area contributed by atoms with Gasteiger partial charge in [-0.1, -0.05) is 19.9 Å². The van der Waals surface area contributed by atoms with Gasteiger partial charge >= 0.3 is 0 Å². The van der Waals surface area contributed by atoms with Crippen LogP contribution in [0.15, 0.2) is 41.8 Å². The molecule has 0 radical (unpaired) electrons. The Labute approximate surface area is 201 Å². The van der Waals surface area contributed by atoms with Crippen molar-refractivity contribution in [3.05, 3.63) is 63.7 Å². The molecular formula is C26H36FN5S. The Morgan fingerprint density at radius 3 is 2.39 bits per heavy atom. The van der Waals surface area contributed by atoms with Gasteiger partial charge in [0, 0.05) is 55.8 Å². The van der Waals surface area contributed by atoms with Crippen molar-refractivity contribution >= 4 is 17.2 Å². The molecule has 0 aliphatic carbocycles. The number of aryl methyl sites for hydroxylation is 1. The van der Waals surface area contributed by atoms with Gasteiger partial charge in [0.25, 0.3) is 0 Å². The van der Waals surface area contributed by atoms with Crippen LogP contribution in [0.2, 0.25) is 0 Å². The summed E-state index contributed by atoms with van der Waals surface area (Å²) in [6.07, 6.45) is 1.10. The topological polar surface area (TPSA) is 27.5 Å². The molecule has 3 aromatic rings. The summed E-state index contributed by atoms with van der Waals surface area (Å²) in [4.78, 5) is 8.92. The summed E-state index contributed by atoms with van der Waals surface area (Å²) in [6.45, 7) is 15.8. The number of anilines is 1. The number of rotatable bonds is 9. The predicted octanol–water partition coefficient (Wildman–Crippen LogP) is 5.32. The molecule has 1 aromatic carbocycles. The van der Waals surface area contributed by atoms with E-state index in [9.17, 15) is 4.39 Å². The Kier molecular flexibility index (Phi) is 7.83. The minimum absolute atomic E-state index is 0.222. The second kappa shape index (κ2) is 10.8. The smallest absolute Gasteiger partial charge is 0.137 e. The molecule has 1 saturated heterocycles. The number of likely N-dealkylation sites (N-methyl/N-ethyl adjacent to an activating group) is 1. The van der Waals surface area contributed by atoms with Gasteiger partial charge in [-0.25, -0.2) is 9.07 Å². The van der Waals surface area contributed by atoms with Crippen LogP contribution in [-0.4, -0.2) is 58.3 Å². The van der Waals surface area contributed by atoms with E-state index in [2.05, 4.69) is 59.9 Å². The molecule has 178 valence electrons. The van der Waals surface area contributed by atoms with E-state index in [1.165, 1.54) is 22.6 Å². The molecule has 5 nitrogen and oxygen atoms in total. The molecule has 0 unspecified atom stereocenters. The van der Waals surface area contributed by atoms with Crippen molar-refractivity contribution in [2.75, 3.05) is 37.6 Å². The molecule has 0 spiro atoms. The highest BCUT2D eigenvalue weighted by Gasteiger charge is 2.27. The molecule has 1 atom stereocenters. The molecule has 0 saturated carbocycles. The van der Waals surface area contributed by atoms with Crippen molar-refractivity contribution in [2.24, 2.45) is 0 Å². The second-order valence-corrected chi connectivity index (χ2v) is 9.97. The number of nitrogens with zero attached hydrogens (tertiary/aromatic N) is 5. The van der Waals surface area contributed by atoms with E-state index in [1.54, 1.807) is 0 Å². The Morgan fingerprint density at radius 2 is 1.79 bits per heavy atom. The normalized spacial score (nSPS) is 16.0. The summed E-state index contributed by atoms with van der Waals surface area (Å²) < 4.78 is 15.7. The Morgan fingerprint density at radius 1 is 1.06 bits per heavy atom. The van der Waals surface area contributed by atoms with Crippen molar-refractivity contribution in [1.29, 1.82) is 0 Å². The van der Waals surface area contributed by atoms with Gasteiger partial charge in [0.05, 0.1) is 11.4 Å². The predicted molar refractivity (Wildman–Crippen MR) is 136 cm³/mol. The number of thiophene rings is 1. The van der Waals surface area contributed by atoms with Crippen LogP contribution in [0.4, 0.5) is 10.2 Å². The average Bonchev–Trinajstić information content (AvgIpc) is 3.46. The first kappa shape index (κ1) is 23.9. The van der Waals surface area contributed by atoms with E-state index < -0.39 is 0 Å². The summed E-state index contributed by atoms with van der Waals surface area (Å²) in [6, 6.07) is 11.5. The molecule has 0 N–H and O–H groups in total. The molecule has 3 heterocycles. The lowest BCUT2D eigenvalue weighted by Crippen LogP contribution is -2.47. The van der Waals surface area contributed by atoms with Crippen molar-refractivity contribution < 1.29 is 4.39 Å². The minimum Gasteiger partial charge on any atom is -0.354 e. The Bertz CT molecular complexity index is 1010. The summed E-state index contributed by atoms with van der Waals surface area (Å²) in [5, 5.41) is 7.13. The van der Waals surface area contributed by atoms with Crippen LogP contribution >= 0.6 is 11.3 Å². The number of benzene rings is 1. The zero-order valence-corrected chi connectivity index (χ0v) is 21.1. The number of hydrogen-bond donors (Lipinski definition) is 0. The maximum absolute atomic E-state index is 13.7. The van der Waals surface area contributed by atoms with E-state index in [4.69, 9.17) is 5.10 Å². The average molecular weight is 470 g/mol. The van der Waals surface area contributed by atoms with Crippen LogP contribution in [0, 0.1) is 12.7 Å². The van der Waals surface area contributed by atoms with Crippen molar-refractivity contribution in [2.45, 2.75) is 53.2 Å². The van der Waals surface area contributed by atoms with E-state index >= 15 is 0 Å². The highest BCUT2D eigenvalue weighted by Crippen LogP contribution is 2.31. The van der Waals surface area contributed by atoms with Gasteiger partial charge in [0.2, 0.25) is 0 Å². The van der Waals surface area contributed by atoms with Gasteiger partial charge in [-0.2, -0.15) is 5.10 Å². The largest absolute Gasteiger partial charge is 0.354 e. The SMILES string of the molecule is CC[C@@H](C)N(Cc1cccs1)Cc1c(C)nn(-c2ccc(F)cc2)c1N1CCN(CC)CC1. The van der Waals surface area contributed by atoms with Gasteiger partial charge in [0.15, 0.2) is 0 Å². The lowest BCUT2D eigenvalue weighted by molar-refractivity contribution is 0.187. The first-order valence-electron chi connectivity index (χ1n) is 12.1. The van der Waals surface area contributed by atoms with Gasteiger partial charge in [-0.15, -0.1) is 11.3 Å². The molecule has 2 aromatic heterocycles. The third kappa shape index (κ3) is 5.48. The van der Waals surface area contributed by atoms with Crippen LogP contribution in [0.25, 0.3) is 5.69 Å². The fraction of sp³-hybridized carbons (Fsp3) is 0.500. The number of piperazine rings is 1. The quantitative estimate of drug-likeness (QED) is 0.424. The van der Waals surface area contributed by atoms with Crippen LogP contribution in [0.1, 0.15) is 43.3 Å². The zero-order chi connectivity index (χ0) is 23.4. The lowest BCUT2D eigenvalue weighted by atomic mass is 10.1. The van der Waals surface area contributed by atoms with Crippen molar-refractivity contribution in [3.63, 3.8) is 0 Å². The summed E-state index contributed by atoms with van der Waals surface area (Å²) in [7, 11) is 0. The monoisotopic (exact) mass is 469 g/mol. The molecule has 1 aliphatic rings. The molecule has 4 rings (SSSR count). The summed E-state index contributed by atoms with van der Waals surface area (Å²) in [5.41, 5.74) is 3.24. The van der Waals surface area contributed by atoms with Gasteiger partial charge in [0.1, 0.15) is 11.6 Å². The molecule has 33 heavy (non-hydrogen) atoms. The highest BCUT2D eigenvalue weighted by atomic mass is 32.1. The first-order chi connectivity index (χ1) is 16.0. The third-order valence-corrected chi connectivity index (χ3v) is 7.72. The van der Waals surface area contributed by atoms with Crippen LogP contribution < -0.4 is 4.90 Å². The summed E-state index contributed by atoms with van der Waals surface area (Å²) >= 11 is 1.82. The third-order valence-electron chi connectivity index (χ3n) is 6.86.